The molecule has 2 saturated carbocycles. The van der Waals surface area contributed by atoms with Crippen LogP contribution in [0.3, 0.4) is 0 Å². The molecule has 3 fully saturated rings. The molecule has 0 bridgehead atoms. The molecule has 4 rings (SSSR count). The molecule has 230 valence electrons. The summed E-state index contributed by atoms with van der Waals surface area (Å²) < 4.78 is 26.3. The Labute approximate surface area is 253 Å². The van der Waals surface area contributed by atoms with Gasteiger partial charge in [-0.15, -0.1) is 0 Å². The molecular formula is C37H52F2N2O. The maximum Gasteiger partial charge on any atom is 0.270 e. The van der Waals surface area contributed by atoms with Crippen molar-refractivity contribution in [1.29, 1.82) is 5.26 Å². The molecule has 2 unspecified atom stereocenters. The zero-order chi connectivity index (χ0) is 31.1. The molecule has 0 N–H and O–H groups in total. The van der Waals surface area contributed by atoms with Crippen LogP contribution in [-0.2, 0) is 10.2 Å². The van der Waals surface area contributed by atoms with Crippen molar-refractivity contribution in [3.05, 3.63) is 70.8 Å². The number of halogens is 2. The van der Waals surface area contributed by atoms with Crippen molar-refractivity contribution < 1.29 is 13.6 Å². The van der Waals surface area contributed by atoms with Crippen molar-refractivity contribution in [3.8, 4) is 6.07 Å². The molecule has 1 heterocycles. The summed E-state index contributed by atoms with van der Waals surface area (Å²) in [7, 11) is 0. The van der Waals surface area contributed by atoms with Gasteiger partial charge in [-0.05, 0) is 95.3 Å². The molecule has 5 heteroatoms. The van der Waals surface area contributed by atoms with Crippen molar-refractivity contribution in [2.75, 3.05) is 13.1 Å². The number of likely N-dealkylation sites (tertiary alicyclic amines) is 1. The Morgan fingerprint density at radius 2 is 1.81 bits per heavy atom. The summed E-state index contributed by atoms with van der Waals surface area (Å²) in [5.74, 6) is -1.79. The number of ketones is 1. The lowest BCUT2D eigenvalue weighted by Crippen LogP contribution is -2.46. The standard InChI is InChI=1S/C23H30N2O.C14H22F2/c1-17-5-7-19(8-6-17)22(16-24)10-12-25(13-11-22)21-14-20-4-3-9-23(20,15-21)18(2)26;1-6-9-11(4)12(7-2)10-13(8-3)14(5,15)16/h5-8,20-21H,3-4,9-15H2,1-2H3;8,10H,3,6-7,9H2,1-2,4-5H3/b;12-11+,13-10+/t20?,21-,23?;/m0./s1. The molecule has 0 radical (unpaired) electrons. The molecule has 1 aliphatic heterocycles. The van der Waals surface area contributed by atoms with Crippen LogP contribution >= 0.6 is 0 Å². The summed E-state index contributed by atoms with van der Waals surface area (Å²) in [6.45, 7) is 16.3. The zero-order valence-electron chi connectivity index (χ0n) is 26.9. The van der Waals surface area contributed by atoms with E-state index in [9.17, 15) is 18.8 Å². The fraction of sp³-hybridized carbons (Fsp3) is 0.622. The monoisotopic (exact) mass is 578 g/mol. The molecule has 1 aromatic carbocycles. The van der Waals surface area contributed by atoms with E-state index in [1.165, 1.54) is 42.0 Å². The predicted octanol–water partition coefficient (Wildman–Crippen LogP) is 9.67. The Bertz CT molecular complexity index is 1190. The minimum atomic E-state index is -2.81. The number of nitriles is 1. The number of allylic oxidation sites excluding steroid dienone is 5. The Hall–Kier alpha value is -2.58. The number of hydrogen-bond donors (Lipinski definition) is 0. The van der Waals surface area contributed by atoms with Crippen LogP contribution in [0, 0.1) is 29.6 Å². The summed E-state index contributed by atoms with van der Waals surface area (Å²) in [5, 5.41) is 9.95. The van der Waals surface area contributed by atoms with E-state index in [0.29, 0.717) is 17.7 Å². The predicted molar refractivity (Wildman–Crippen MR) is 170 cm³/mol. The van der Waals surface area contributed by atoms with Gasteiger partial charge in [0, 0.05) is 37.0 Å². The lowest BCUT2D eigenvalue weighted by Gasteiger charge is -2.41. The van der Waals surface area contributed by atoms with Gasteiger partial charge in [0.25, 0.3) is 5.92 Å². The van der Waals surface area contributed by atoms with Crippen molar-refractivity contribution in [2.24, 2.45) is 11.3 Å². The largest absolute Gasteiger partial charge is 0.300 e. The van der Waals surface area contributed by atoms with Gasteiger partial charge in [-0.25, -0.2) is 8.78 Å². The SMILES string of the molecule is C=C/C(=C\C(CC)=C(/C)CCC)C(C)(F)F.CC(=O)C12CCCC1C[C@H](N1CCC(C#N)(c3ccc(C)cc3)CC1)C2. The first kappa shape index (κ1) is 33.9. The van der Waals surface area contributed by atoms with E-state index in [4.69, 9.17) is 0 Å². The molecule has 42 heavy (non-hydrogen) atoms. The third-order valence-corrected chi connectivity index (χ3v) is 10.4. The number of rotatable bonds is 9. The molecule has 3 nitrogen and oxygen atoms in total. The number of Topliss-reactive ketones (excluding diaryl/α,β-unsaturated/α-hetero) is 1. The Morgan fingerprint density at radius 3 is 2.29 bits per heavy atom. The Balaban J connectivity index is 0.000000263. The first-order valence-corrected chi connectivity index (χ1v) is 16.0. The third kappa shape index (κ3) is 7.49. The number of piperidine rings is 1. The molecule has 3 atom stereocenters. The molecule has 2 aliphatic carbocycles. The van der Waals surface area contributed by atoms with Crippen LogP contribution in [0.15, 0.2) is 59.7 Å². The third-order valence-electron chi connectivity index (χ3n) is 10.4. The van der Waals surface area contributed by atoms with E-state index in [1.54, 1.807) is 6.08 Å². The molecule has 1 saturated heterocycles. The van der Waals surface area contributed by atoms with Crippen LogP contribution in [0.5, 0.6) is 0 Å². The molecule has 0 spiro atoms. The van der Waals surface area contributed by atoms with Gasteiger partial charge in [0.2, 0.25) is 0 Å². The number of fused-ring (bicyclic) bond motifs is 1. The second-order valence-electron chi connectivity index (χ2n) is 13.1. The summed E-state index contributed by atoms with van der Waals surface area (Å²) >= 11 is 0. The molecule has 0 aromatic heterocycles. The summed E-state index contributed by atoms with van der Waals surface area (Å²) in [6, 6.07) is 11.7. The van der Waals surface area contributed by atoms with Crippen LogP contribution in [0.4, 0.5) is 8.78 Å². The average Bonchev–Trinajstić information content (AvgIpc) is 3.53. The van der Waals surface area contributed by atoms with E-state index in [2.05, 4.69) is 55.7 Å². The molecule has 0 amide bonds. The number of nitrogens with zero attached hydrogens (tertiary/aromatic N) is 2. The smallest absolute Gasteiger partial charge is 0.270 e. The van der Waals surface area contributed by atoms with Crippen LogP contribution in [0.1, 0.15) is 110 Å². The van der Waals surface area contributed by atoms with Crippen molar-refractivity contribution in [2.45, 2.75) is 123 Å². The van der Waals surface area contributed by atoms with Gasteiger partial charge in [-0.2, -0.15) is 5.26 Å². The lowest BCUT2D eigenvalue weighted by molar-refractivity contribution is -0.127. The van der Waals surface area contributed by atoms with Crippen molar-refractivity contribution in [3.63, 3.8) is 0 Å². The van der Waals surface area contributed by atoms with Crippen molar-refractivity contribution in [1.82, 2.24) is 4.90 Å². The fourth-order valence-electron chi connectivity index (χ4n) is 7.70. The summed E-state index contributed by atoms with van der Waals surface area (Å²) in [6.07, 6.45) is 13.2. The van der Waals surface area contributed by atoms with E-state index < -0.39 is 5.92 Å². The Morgan fingerprint density at radius 1 is 1.17 bits per heavy atom. The van der Waals surface area contributed by atoms with Gasteiger partial charge >= 0.3 is 0 Å². The van der Waals surface area contributed by atoms with Gasteiger partial charge in [0.15, 0.2) is 0 Å². The number of benzene rings is 1. The number of alkyl halides is 2. The highest BCUT2D eigenvalue weighted by atomic mass is 19.3. The highest BCUT2D eigenvalue weighted by molar-refractivity contribution is 5.83. The molecule has 1 aromatic rings. The van der Waals surface area contributed by atoms with Crippen LogP contribution in [0.2, 0.25) is 0 Å². The van der Waals surface area contributed by atoms with Gasteiger partial charge < -0.3 is 4.90 Å². The Kier molecular flexibility index (Phi) is 11.5. The van der Waals surface area contributed by atoms with E-state index in [1.807, 2.05) is 20.8 Å². The topological polar surface area (TPSA) is 44.1 Å². The average molecular weight is 579 g/mol. The van der Waals surface area contributed by atoms with Crippen LogP contribution < -0.4 is 0 Å². The fourth-order valence-corrected chi connectivity index (χ4v) is 7.70. The first-order valence-electron chi connectivity index (χ1n) is 16.0. The normalized spacial score (nSPS) is 26.4. The van der Waals surface area contributed by atoms with Gasteiger partial charge in [-0.1, -0.05) is 74.7 Å². The van der Waals surface area contributed by atoms with Crippen LogP contribution in [0.25, 0.3) is 0 Å². The second-order valence-corrected chi connectivity index (χ2v) is 13.1. The number of hydrogen-bond acceptors (Lipinski definition) is 3. The summed E-state index contributed by atoms with van der Waals surface area (Å²) in [5.41, 5.74) is 4.24. The minimum Gasteiger partial charge on any atom is -0.300 e. The number of carbonyl (C=O) groups excluding carboxylic acids is 1. The van der Waals surface area contributed by atoms with E-state index in [0.717, 1.165) is 70.5 Å². The first-order chi connectivity index (χ1) is 19.9. The zero-order valence-corrected chi connectivity index (χ0v) is 26.9. The number of aryl methyl sites for hydroxylation is 1. The molecule has 3 aliphatic rings. The highest BCUT2D eigenvalue weighted by Crippen LogP contribution is 2.56. The van der Waals surface area contributed by atoms with E-state index >= 15 is 0 Å². The maximum atomic E-state index is 13.2. The van der Waals surface area contributed by atoms with Gasteiger partial charge in [0.05, 0.1) is 11.5 Å². The van der Waals surface area contributed by atoms with Gasteiger partial charge in [-0.3, -0.25) is 4.79 Å². The lowest BCUT2D eigenvalue weighted by atomic mass is 9.73. The maximum absolute atomic E-state index is 13.2. The minimum absolute atomic E-state index is 0.000182. The second kappa shape index (κ2) is 14.3. The highest BCUT2D eigenvalue weighted by Gasteiger charge is 2.54. The van der Waals surface area contributed by atoms with Gasteiger partial charge in [0.1, 0.15) is 5.78 Å². The summed E-state index contributed by atoms with van der Waals surface area (Å²) in [4.78, 5) is 15.0. The van der Waals surface area contributed by atoms with Crippen LogP contribution in [-0.4, -0.2) is 35.7 Å². The molecular weight excluding hydrogens is 526 g/mol. The van der Waals surface area contributed by atoms with E-state index in [-0.39, 0.29) is 16.4 Å². The number of carbonyl (C=O) groups is 1. The quantitative estimate of drug-likeness (QED) is 0.274. The van der Waals surface area contributed by atoms with Crippen molar-refractivity contribution >= 4 is 5.78 Å².